The van der Waals surface area contributed by atoms with Crippen LogP contribution in [0.5, 0.6) is 0 Å². The molecule has 0 fully saturated rings. The minimum absolute atomic E-state index is 0.231. The van der Waals surface area contributed by atoms with Gasteiger partial charge in [-0.15, -0.1) is 0 Å². The summed E-state index contributed by atoms with van der Waals surface area (Å²) in [6.07, 6.45) is 0. The molecule has 0 bridgehead atoms. The van der Waals surface area contributed by atoms with Gasteiger partial charge in [0, 0.05) is 16.5 Å². The second kappa shape index (κ2) is 12.2. The zero-order chi connectivity index (χ0) is 37.9. The Kier molecular flexibility index (Phi) is 6.74. The summed E-state index contributed by atoms with van der Waals surface area (Å²) in [7, 11) is 0. The molecule has 4 aromatic heterocycles. The molecule has 270 valence electrons. The zero-order valence-electron chi connectivity index (χ0n) is 31.3. The first-order chi connectivity index (χ1) is 28.8. The summed E-state index contributed by atoms with van der Waals surface area (Å²) in [5.41, 5.74) is 13.4. The van der Waals surface area contributed by atoms with E-state index in [0.29, 0.717) is 0 Å². The molecule has 58 heavy (non-hydrogen) atoms. The summed E-state index contributed by atoms with van der Waals surface area (Å²) in [6, 6.07) is 74.1. The molecule has 0 amide bonds. The maximum atomic E-state index is 2.51. The van der Waals surface area contributed by atoms with Gasteiger partial charge in [-0.1, -0.05) is 42.5 Å². The van der Waals surface area contributed by atoms with E-state index in [1.54, 1.807) is 0 Å². The Bertz CT molecular complexity index is 3750. The van der Waals surface area contributed by atoms with Crippen molar-refractivity contribution in [3.05, 3.63) is 200 Å². The summed E-state index contributed by atoms with van der Waals surface area (Å²) < 4.78 is 10.3. The molecule has 9 aromatic carbocycles. The fourth-order valence-corrected chi connectivity index (χ4v) is 12.2. The summed E-state index contributed by atoms with van der Waals surface area (Å²) in [4.78, 5) is 0. The predicted molar refractivity (Wildman–Crippen MR) is 247 cm³/mol. The van der Waals surface area contributed by atoms with Crippen LogP contribution in [-0.2, 0) is 0 Å². The summed E-state index contributed by atoms with van der Waals surface area (Å²) in [5.74, 6) is 0. The molecule has 0 saturated heterocycles. The minimum atomic E-state index is 0.231. The number of fused-ring (bicyclic) bond motifs is 12. The van der Waals surface area contributed by atoms with E-state index in [0.717, 1.165) is 5.69 Å². The van der Waals surface area contributed by atoms with Crippen molar-refractivity contribution in [1.29, 1.82) is 0 Å². The predicted octanol–water partition coefficient (Wildman–Crippen LogP) is 14.0. The van der Waals surface area contributed by atoms with Crippen molar-refractivity contribution in [3.8, 4) is 28.2 Å². The number of benzene rings is 9. The van der Waals surface area contributed by atoms with Crippen molar-refractivity contribution in [2.75, 3.05) is 0 Å². The van der Waals surface area contributed by atoms with E-state index in [1.165, 1.54) is 107 Å². The second-order valence-electron chi connectivity index (χ2n) is 15.3. The van der Waals surface area contributed by atoms with E-state index >= 15 is 0 Å². The molecule has 0 aliphatic heterocycles. The van der Waals surface area contributed by atoms with Gasteiger partial charge in [-0.05, 0) is 12.1 Å². The van der Waals surface area contributed by atoms with Crippen LogP contribution in [0.1, 0.15) is 0 Å². The van der Waals surface area contributed by atoms with Crippen molar-refractivity contribution in [3.63, 3.8) is 0 Å². The molecule has 0 saturated carbocycles. The molecule has 0 radical (unpaired) electrons. The molecule has 4 heteroatoms. The van der Waals surface area contributed by atoms with Gasteiger partial charge in [0.2, 0.25) is 0 Å². The molecule has 13 rings (SSSR count). The van der Waals surface area contributed by atoms with Crippen LogP contribution in [0.2, 0.25) is 0 Å². The van der Waals surface area contributed by atoms with Crippen LogP contribution in [0.15, 0.2) is 200 Å². The first kappa shape index (κ1) is 32.0. The summed E-state index contributed by atoms with van der Waals surface area (Å²) >= 11 is 0.231. The molecule has 0 N–H and O–H groups in total. The first-order valence-electron chi connectivity index (χ1n) is 19.8. The Balaban J connectivity index is 1.02. The standard InChI is InChI=1S/C54H33N3Se/c1-2-13-34(14-3-1)35-25-28-42-53(31-35)58-52-24-12-23-51(54(42)52)57-48-22-11-7-18-41(48)44-33-37(27-30-50(44)57)56-47-21-10-6-17-40(47)43-32-36(26-29-49(43)56)55-45-19-8-4-15-38(45)39-16-5-9-20-46(39)55/h1-33H. The van der Waals surface area contributed by atoms with Gasteiger partial charge in [0.1, 0.15) is 0 Å². The average molecular weight is 803 g/mol. The number of nitrogens with zero attached hydrogens (tertiary/aromatic N) is 3. The Morgan fingerprint density at radius 2 is 0.759 bits per heavy atom. The van der Waals surface area contributed by atoms with Crippen LogP contribution in [0, 0.1) is 0 Å². The molecule has 0 spiro atoms. The van der Waals surface area contributed by atoms with Gasteiger partial charge >= 0.3 is 255 Å². The van der Waals surface area contributed by atoms with Crippen LogP contribution < -0.4 is 0 Å². The third-order valence-corrected chi connectivity index (χ3v) is 14.6. The number of aromatic nitrogens is 3. The fraction of sp³-hybridized carbons (Fsp3) is 0. The number of hydrogen-bond donors (Lipinski definition) is 0. The average Bonchev–Trinajstić information content (AvgIpc) is 4.02. The van der Waals surface area contributed by atoms with Gasteiger partial charge in [0.05, 0.1) is 11.0 Å². The van der Waals surface area contributed by atoms with Crippen LogP contribution >= 0.6 is 0 Å². The molecular formula is C54H33N3Se. The van der Waals surface area contributed by atoms with Gasteiger partial charge < -0.3 is 4.57 Å². The van der Waals surface area contributed by atoms with E-state index in [-0.39, 0.29) is 14.5 Å². The number of hydrogen-bond acceptors (Lipinski definition) is 0. The van der Waals surface area contributed by atoms with Gasteiger partial charge in [-0.3, -0.25) is 0 Å². The van der Waals surface area contributed by atoms with E-state index in [2.05, 4.69) is 214 Å². The molecule has 0 unspecified atom stereocenters. The number of para-hydroxylation sites is 4. The summed E-state index contributed by atoms with van der Waals surface area (Å²) in [6.45, 7) is 0. The Hall–Kier alpha value is -7.10. The third kappa shape index (κ3) is 4.50. The van der Waals surface area contributed by atoms with E-state index < -0.39 is 0 Å². The van der Waals surface area contributed by atoms with Crippen LogP contribution in [0.4, 0.5) is 0 Å². The topological polar surface area (TPSA) is 14.8 Å². The monoisotopic (exact) mass is 803 g/mol. The first-order valence-corrected chi connectivity index (χ1v) is 21.6. The zero-order valence-corrected chi connectivity index (χ0v) is 33.0. The summed E-state index contributed by atoms with van der Waals surface area (Å²) in [5, 5.41) is 10.3. The van der Waals surface area contributed by atoms with E-state index in [4.69, 9.17) is 0 Å². The van der Waals surface area contributed by atoms with E-state index in [1.807, 2.05) is 0 Å². The Labute approximate surface area is 339 Å². The Morgan fingerprint density at radius 1 is 0.276 bits per heavy atom. The number of rotatable bonds is 4. The third-order valence-electron chi connectivity index (χ3n) is 12.2. The van der Waals surface area contributed by atoms with Gasteiger partial charge in [-0.25, -0.2) is 0 Å². The van der Waals surface area contributed by atoms with Crippen molar-refractivity contribution in [1.82, 2.24) is 13.7 Å². The van der Waals surface area contributed by atoms with Gasteiger partial charge in [-0.2, -0.15) is 0 Å². The molecule has 0 aliphatic rings. The normalized spacial score (nSPS) is 12.1. The van der Waals surface area contributed by atoms with Crippen molar-refractivity contribution >= 4 is 99.2 Å². The van der Waals surface area contributed by atoms with E-state index in [9.17, 15) is 0 Å². The second-order valence-corrected chi connectivity index (χ2v) is 17.6. The molecule has 4 heterocycles. The van der Waals surface area contributed by atoms with Crippen molar-refractivity contribution in [2.45, 2.75) is 0 Å². The fourth-order valence-electron chi connectivity index (χ4n) is 9.74. The molecule has 0 aliphatic carbocycles. The van der Waals surface area contributed by atoms with Crippen LogP contribution in [0.25, 0.3) is 113 Å². The van der Waals surface area contributed by atoms with Crippen LogP contribution in [0.3, 0.4) is 0 Å². The van der Waals surface area contributed by atoms with Crippen molar-refractivity contribution in [2.24, 2.45) is 0 Å². The van der Waals surface area contributed by atoms with Crippen molar-refractivity contribution < 1.29 is 0 Å². The Morgan fingerprint density at radius 3 is 1.34 bits per heavy atom. The molecule has 3 nitrogen and oxygen atoms in total. The maximum absolute atomic E-state index is 2.51. The quantitative estimate of drug-likeness (QED) is 0.158. The van der Waals surface area contributed by atoms with Gasteiger partial charge in [0.25, 0.3) is 0 Å². The molecular weight excluding hydrogens is 770 g/mol. The van der Waals surface area contributed by atoms with Crippen LogP contribution in [-0.4, -0.2) is 28.2 Å². The SMILES string of the molecule is c1ccc(-c2ccc3c(c2)[se]c2cccc(-n4c5ccccc5c5cc(-n6c7ccccc7c7cc(-n8c9ccccc9c9ccccc98)ccc76)ccc54)c23)cc1. The molecule has 0 atom stereocenters. The molecule has 13 aromatic rings. The van der Waals surface area contributed by atoms with Gasteiger partial charge in [0.15, 0.2) is 0 Å².